The van der Waals surface area contributed by atoms with Crippen molar-refractivity contribution in [3.63, 3.8) is 0 Å². The van der Waals surface area contributed by atoms with Gasteiger partial charge in [-0.3, -0.25) is 4.79 Å². The number of benzene rings is 1. The maximum atomic E-state index is 13.5. The highest BCUT2D eigenvalue weighted by Gasteiger charge is 2.22. The fourth-order valence-corrected chi connectivity index (χ4v) is 3.50. The first-order valence-corrected chi connectivity index (χ1v) is 8.00. The van der Waals surface area contributed by atoms with Gasteiger partial charge in [0.05, 0.1) is 0 Å². The zero-order chi connectivity index (χ0) is 14.5. The monoisotopic (exact) mass is 299 g/mol. The van der Waals surface area contributed by atoms with Gasteiger partial charge in [0.25, 0.3) is 0 Å². The largest absolute Gasteiger partial charge is 0.343 e. The Kier molecular flexibility index (Phi) is 5.40. The van der Waals surface area contributed by atoms with Crippen molar-refractivity contribution in [1.29, 1.82) is 0 Å². The highest BCUT2D eigenvalue weighted by atomic mass is 32.2. The second-order valence-electron chi connectivity index (χ2n) is 5.08. The smallest absolute Gasteiger partial charge is 0.222 e. The summed E-state index contributed by atoms with van der Waals surface area (Å²) in [4.78, 5) is 13.9. The van der Waals surface area contributed by atoms with Crippen molar-refractivity contribution in [1.82, 2.24) is 4.90 Å². The van der Waals surface area contributed by atoms with Crippen LogP contribution in [0.2, 0.25) is 0 Å². The number of aryl methyl sites for hydroxylation is 1. The SMILES string of the molecule is CN(C(=O)CCc1ccc(F)cc1F)C1CCSCC1. The van der Waals surface area contributed by atoms with Gasteiger partial charge in [0.15, 0.2) is 0 Å². The fourth-order valence-electron chi connectivity index (χ4n) is 2.42. The van der Waals surface area contributed by atoms with E-state index in [1.165, 1.54) is 12.1 Å². The molecule has 1 aliphatic heterocycles. The van der Waals surface area contributed by atoms with Crippen LogP contribution in [-0.4, -0.2) is 35.4 Å². The number of halogens is 2. The summed E-state index contributed by atoms with van der Waals surface area (Å²) in [5.74, 6) is 1.05. The zero-order valence-electron chi connectivity index (χ0n) is 11.6. The van der Waals surface area contributed by atoms with Gasteiger partial charge in [0.2, 0.25) is 5.91 Å². The van der Waals surface area contributed by atoms with Crippen molar-refractivity contribution >= 4 is 17.7 Å². The topological polar surface area (TPSA) is 20.3 Å². The Morgan fingerprint density at radius 3 is 2.70 bits per heavy atom. The van der Waals surface area contributed by atoms with Gasteiger partial charge in [-0.15, -0.1) is 0 Å². The Labute approximate surface area is 122 Å². The Morgan fingerprint density at radius 1 is 1.35 bits per heavy atom. The number of rotatable bonds is 4. The summed E-state index contributed by atoms with van der Waals surface area (Å²) in [7, 11) is 1.82. The molecule has 0 unspecified atom stereocenters. The van der Waals surface area contributed by atoms with Crippen molar-refractivity contribution in [2.24, 2.45) is 0 Å². The number of nitrogens with zero attached hydrogens (tertiary/aromatic N) is 1. The van der Waals surface area contributed by atoms with E-state index in [-0.39, 0.29) is 12.3 Å². The van der Waals surface area contributed by atoms with Gasteiger partial charge in [-0.25, -0.2) is 8.78 Å². The molecule has 0 N–H and O–H groups in total. The lowest BCUT2D eigenvalue weighted by molar-refractivity contribution is -0.132. The van der Waals surface area contributed by atoms with Gasteiger partial charge in [-0.1, -0.05) is 6.07 Å². The Hall–Kier alpha value is -1.10. The summed E-state index contributed by atoms with van der Waals surface area (Å²) >= 11 is 1.92. The predicted octanol–water partition coefficient (Wildman–Crippen LogP) is 3.25. The van der Waals surface area contributed by atoms with Gasteiger partial charge in [-0.05, 0) is 42.4 Å². The minimum Gasteiger partial charge on any atom is -0.343 e. The van der Waals surface area contributed by atoms with Crippen molar-refractivity contribution in [2.75, 3.05) is 18.6 Å². The molecule has 5 heteroatoms. The van der Waals surface area contributed by atoms with E-state index in [1.807, 2.05) is 18.8 Å². The molecular formula is C15H19F2NOS. The van der Waals surface area contributed by atoms with Gasteiger partial charge in [-0.2, -0.15) is 11.8 Å². The summed E-state index contributed by atoms with van der Waals surface area (Å²) in [6.07, 6.45) is 2.63. The molecule has 0 saturated carbocycles. The average molecular weight is 299 g/mol. The molecule has 0 atom stereocenters. The minimum absolute atomic E-state index is 0.0330. The third-order valence-electron chi connectivity index (χ3n) is 3.76. The minimum atomic E-state index is -0.589. The van der Waals surface area contributed by atoms with Crippen molar-refractivity contribution in [2.45, 2.75) is 31.7 Å². The maximum absolute atomic E-state index is 13.5. The van der Waals surface area contributed by atoms with Crippen LogP contribution >= 0.6 is 11.8 Å². The number of amides is 1. The molecule has 20 heavy (non-hydrogen) atoms. The normalized spacial score (nSPS) is 16.1. The molecule has 1 fully saturated rings. The van der Waals surface area contributed by atoms with E-state index < -0.39 is 11.6 Å². The second kappa shape index (κ2) is 7.07. The first-order chi connectivity index (χ1) is 9.58. The van der Waals surface area contributed by atoms with Crippen LogP contribution in [0.25, 0.3) is 0 Å². The molecule has 1 amide bonds. The highest BCUT2D eigenvalue weighted by Crippen LogP contribution is 2.21. The molecule has 1 aliphatic rings. The molecule has 110 valence electrons. The van der Waals surface area contributed by atoms with E-state index in [0.717, 1.165) is 30.4 Å². The second-order valence-corrected chi connectivity index (χ2v) is 6.31. The molecule has 0 aromatic heterocycles. The van der Waals surface area contributed by atoms with Crippen LogP contribution in [0.3, 0.4) is 0 Å². The quantitative estimate of drug-likeness (QED) is 0.850. The predicted molar refractivity (Wildman–Crippen MR) is 77.8 cm³/mol. The average Bonchev–Trinajstić information content (AvgIpc) is 2.46. The molecule has 2 nitrogen and oxygen atoms in total. The third kappa shape index (κ3) is 3.95. The van der Waals surface area contributed by atoms with Crippen LogP contribution in [0.15, 0.2) is 18.2 Å². The molecule has 1 saturated heterocycles. The standard InChI is InChI=1S/C15H19F2NOS/c1-18(13-6-8-20-9-7-13)15(19)5-3-11-2-4-12(16)10-14(11)17/h2,4,10,13H,3,5-9H2,1H3. The molecule has 0 radical (unpaired) electrons. The first kappa shape index (κ1) is 15.3. The Balaban J connectivity index is 1.87. The van der Waals surface area contributed by atoms with Gasteiger partial charge < -0.3 is 4.90 Å². The molecule has 2 rings (SSSR count). The lowest BCUT2D eigenvalue weighted by Crippen LogP contribution is -2.39. The number of hydrogen-bond acceptors (Lipinski definition) is 2. The fraction of sp³-hybridized carbons (Fsp3) is 0.533. The summed E-state index contributed by atoms with van der Waals surface area (Å²) in [5, 5.41) is 0. The number of carbonyl (C=O) groups excluding carboxylic acids is 1. The van der Waals surface area contributed by atoms with E-state index in [0.29, 0.717) is 18.0 Å². The Morgan fingerprint density at radius 2 is 2.05 bits per heavy atom. The number of thioether (sulfide) groups is 1. The van der Waals surface area contributed by atoms with Crippen LogP contribution in [0.4, 0.5) is 8.78 Å². The van der Waals surface area contributed by atoms with E-state index in [9.17, 15) is 13.6 Å². The molecule has 1 aromatic carbocycles. The molecule has 0 bridgehead atoms. The van der Waals surface area contributed by atoms with Crippen LogP contribution < -0.4 is 0 Å². The highest BCUT2D eigenvalue weighted by molar-refractivity contribution is 7.99. The number of carbonyl (C=O) groups is 1. The molecule has 0 aliphatic carbocycles. The summed E-state index contributed by atoms with van der Waals surface area (Å²) < 4.78 is 26.3. The van der Waals surface area contributed by atoms with Crippen molar-refractivity contribution < 1.29 is 13.6 Å². The molecular weight excluding hydrogens is 280 g/mol. The van der Waals surface area contributed by atoms with E-state index >= 15 is 0 Å². The molecule has 1 heterocycles. The molecule has 0 spiro atoms. The van der Waals surface area contributed by atoms with Gasteiger partial charge >= 0.3 is 0 Å². The summed E-state index contributed by atoms with van der Waals surface area (Å²) in [6, 6.07) is 3.81. The number of hydrogen-bond donors (Lipinski definition) is 0. The Bertz CT molecular complexity index is 475. The van der Waals surface area contributed by atoms with Crippen LogP contribution in [0, 0.1) is 11.6 Å². The lowest BCUT2D eigenvalue weighted by Gasteiger charge is -2.31. The van der Waals surface area contributed by atoms with Crippen LogP contribution in [0.1, 0.15) is 24.8 Å². The van der Waals surface area contributed by atoms with E-state index in [1.54, 1.807) is 4.90 Å². The van der Waals surface area contributed by atoms with Crippen LogP contribution in [0.5, 0.6) is 0 Å². The van der Waals surface area contributed by atoms with Crippen molar-refractivity contribution in [3.8, 4) is 0 Å². The first-order valence-electron chi connectivity index (χ1n) is 6.85. The zero-order valence-corrected chi connectivity index (χ0v) is 12.4. The lowest BCUT2D eigenvalue weighted by atomic mass is 10.1. The van der Waals surface area contributed by atoms with Gasteiger partial charge in [0.1, 0.15) is 11.6 Å². The maximum Gasteiger partial charge on any atom is 0.222 e. The van der Waals surface area contributed by atoms with Gasteiger partial charge in [0, 0.05) is 25.6 Å². The summed E-state index contributed by atoms with van der Waals surface area (Å²) in [6.45, 7) is 0. The van der Waals surface area contributed by atoms with E-state index in [4.69, 9.17) is 0 Å². The van der Waals surface area contributed by atoms with Crippen molar-refractivity contribution in [3.05, 3.63) is 35.4 Å². The summed E-state index contributed by atoms with van der Waals surface area (Å²) in [5.41, 5.74) is 0.396. The third-order valence-corrected chi connectivity index (χ3v) is 4.80. The molecule has 1 aromatic rings. The van der Waals surface area contributed by atoms with Crippen LogP contribution in [-0.2, 0) is 11.2 Å². The van der Waals surface area contributed by atoms with E-state index in [2.05, 4.69) is 0 Å².